The molecule has 1 unspecified atom stereocenters. The highest BCUT2D eigenvalue weighted by Crippen LogP contribution is 2.41. The van der Waals surface area contributed by atoms with E-state index in [1.54, 1.807) is 23.1 Å². The SMILES string of the molecule is CN1CCN(C(=O)CN2CC(C(=O)N3CCC(c4ccccc4C(F)(F)F)CC3)c3ccc(Cl)cc32)CC1. The van der Waals surface area contributed by atoms with E-state index in [-0.39, 0.29) is 24.3 Å². The maximum absolute atomic E-state index is 13.7. The van der Waals surface area contributed by atoms with Crippen LogP contribution in [0.1, 0.15) is 41.4 Å². The molecular weight excluding hydrogens is 517 g/mol. The number of alkyl halides is 3. The molecule has 204 valence electrons. The van der Waals surface area contributed by atoms with Gasteiger partial charge in [0.05, 0.1) is 18.0 Å². The summed E-state index contributed by atoms with van der Waals surface area (Å²) in [6.45, 7) is 4.38. The molecule has 3 aliphatic rings. The van der Waals surface area contributed by atoms with E-state index < -0.39 is 17.7 Å². The molecule has 10 heteroatoms. The summed E-state index contributed by atoms with van der Waals surface area (Å²) in [4.78, 5) is 34.5. The first kappa shape index (κ1) is 26.8. The van der Waals surface area contributed by atoms with Gasteiger partial charge in [0.15, 0.2) is 0 Å². The molecule has 0 saturated carbocycles. The van der Waals surface area contributed by atoms with Crippen LogP contribution in [0.25, 0.3) is 0 Å². The second kappa shape index (κ2) is 10.8. The standard InChI is InChI=1S/C28H32ClF3N4O2/c1-33-12-14-34(15-13-33)26(37)18-36-17-23(22-7-6-20(29)16-25(22)36)27(38)35-10-8-19(9-11-35)21-4-2-3-5-24(21)28(30,31)32/h2-7,16,19,23H,8-15,17-18H2,1H3. The number of nitrogens with zero attached hydrogens (tertiary/aromatic N) is 4. The van der Waals surface area contributed by atoms with Crippen LogP contribution in [0.2, 0.25) is 5.02 Å². The Morgan fingerprint density at radius 3 is 2.29 bits per heavy atom. The largest absolute Gasteiger partial charge is 0.416 e. The van der Waals surface area contributed by atoms with Gasteiger partial charge in [0, 0.05) is 56.5 Å². The number of anilines is 1. The molecule has 2 aromatic rings. The van der Waals surface area contributed by atoms with Crippen LogP contribution in [-0.2, 0) is 15.8 Å². The first-order chi connectivity index (χ1) is 18.1. The predicted octanol–water partition coefficient (Wildman–Crippen LogP) is 4.44. The Labute approximate surface area is 225 Å². The van der Waals surface area contributed by atoms with Crippen molar-refractivity contribution >= 4 is 29.1 Å². The monoisotopic (exact) mass is 548 g/mol. The third-order valence-corrected chi connectivity index (χ3v) is 8.34. The molecule has 38 heavy (non-hydrogen) atoms. The molecule has 3 heterocycles. The molecule has 6 nitrogen and oxygen atoms in total. The van der Waals surface area contributed by atoms with Gasteiger partial charge in [-0.3, -0.25) is 9.59 Å². The average molecular weight is 549 g/mol. The first-order valence-electron chi connectivity index (χ1n) is 13.1. The van der Waals surface area contributed by atoms with E-state index in [4.69, 9.17) is 11.6 Å². The Kier molecular flexibility index (Phi) is 7.60. The highest BCUT2D eigenvalue weighted by molar-refractivity contribution is 6.31. The van der Waals surface area contributed by atoms with Crippen LogP contribution in [-0.4, -0.2) is 85.9 Å². The fraction of sp³-hybridized carbons (Fsp3) is 0.500. The fourth-order valence-corrected chi connectivity index (χ4v) is 6.09. The van der Waals surface area contributed by atoms with E-state index in [2.05, 4.69) is 4.90 Å². The van der Waals surface area contributed by atoms with E-state index in [9.17, 15) is 22.8 Å². The molecule has 0 aromatic heterocycles. The van der Waals surface area contributed by atoms with Gasteiger partial charge in [-0.25, -0.2) is 0 Å². The summed E-state index contributed by atoms with van der Waals surface area (Å²) in [7, 11) is 2.04. The summed E-state index contributed by atoms with van der Waals surface area (Å²) in [5.41, 5.74) is 1.36. The van der Waals surface area contributed by atoms with Crippen molar-refractivity contribution in [2.45, 2.75) is 30.9 Å². The van der Waals surface area contributed by atoms with Gasteiger partial charge in [-0.1, -0.05) is 35.9 Å². The lowest BCUT2D eigenvalue weighted by molar-refractivity contribution is -0.139. The van der Waals surface area contributed by atoms with E-state index in [1.807, 2.05) is 29.0 Å². The molecule has 2 amide bonds. The van der Waals surface area contributed by atoms with E-state index in [1.165, 1.54) is 6.07 Å². The molecular formula is C28H32ClF3N4O2. The minimum atomic E-state index is -4.40. The molecule has 2 saturated heterocycles. The molecule has 2 fully saturated rings. The molecule has 5 rings (SSSR count). The van der Waals surface area contributed by atoms with Gasteiger partial charge in [-0.05, 0) is 55.1 Å². The number of piperidine rings is 1. The highest BCUT2D eigenvalue weighted by Gasteiger charge is 2.40. The third kappa shape index (κ3) is 5.50. The van der Waals surface area contributed by atoms with Crippen molar-refractivity contribution in [2.75, 3.05) is 64.3 Å². The number of likely N-dealkylation sites (tertiary alicyclic amines) is 1. The average Bonchev–Trinajstić information content (AvgIpc) is 3.25. The van der Waals surface area contributed by atoms with E-state index in [0.717, 1.165) is 30.4 Å². The minimum absolute atomic E-state index is 0.0290. The number of carbonyl (C=O) groups is 2. The van der Waals surface area contributed by atoms with Crippen molar-refractivity contribution in [1.29, 1.82) is 0 Å². The maximum Gasteiger partial charge on any atom is 0.416 e. The summed E-state index contributed by atoms with van der Waals surface area (Å²) in [6.07, 6.45) is -3.45. The quantitative estimate of drug-likeness (QED) is 0.567. The van der Waals surface area contributed by atoms with Gasteiger partial charge < -0.3 is 19.6 Å². The molecule has 0 N–H and O–H groups in total. The third-order valence-electron chi connectivity index (χ3n) is 8.10. The summed E-state index contributed by atoms with van der Waals surface area (Å²) in [5, 5.41) is 0.540. The lowest BCUT2D eigenvalue weighted by Gasteiger charge is -2.35. The summed E-state index contributed by atoms with van der Waals surface area (Å²) >= 11 is 6.28. The number of likely N-dealkylation sites (N-methyl/N-ethyl adjacent to an activating group) is 1. The Morgan fingerprint density at radius 1 is 0.921 bits per heavy atom. The number of amides is 2. The van der Waals surface area contributed by atoms with Gasteiger partial charge >= 0.3 is 6.18 Å². The minimum Gasteiger partial charge on any atom is -0.361 e. The Hall–Kier alpha value is -2.78. The van der Waals surface area contributed by atoms with E-state index >= 15 is 0 Å². The number of benzene rings is 2. The number of rotatable bonds is 4. The van der Waals surface area contributed by atoms with E-state index in [0.29, 0.717) is 56.2 Å². The van der Waals surface area contributed by atoms with Gasteiger partial charge in [0.1, 0.15) is 0 Å². The lowest BCUT2D eigenvalue weighted by Crippen LogP contribution is -2.50. The van der Waals surface area contributed by atoms with Gasteiger partial charge in [0.2, 0.25) is 11.8 Å². The van der Waals surface area contributed by atoms with Crippen LogP contribution in [0.15, 0.2) is 42.5 Å². The molecule has 0 aliphatic carbocycles. The molecule has 3 aliphatic heterocycles. The van der Waals surface area contributed by atoms with Crippen LogP contribution >= 0.6 is 11.6 Å². The molecule has 1 atom stereocenters. The topological polar surface area (TPSA) is 47.1 Å². The lowest BCUT2D eigenvalue weighted by atomic mass is 9.85. The second-order valence-corrected chi connectivity index (χ2v) is 10.9. The molecule has 0 spiro atoms. The first-order valence-corrected chi connectivity index (χ1v) is 13.4. The van der Waals surface area contributed by atoms with Crippen molar-refractivity contribution in [3.05, 3.63) is 64.2 Å². The van der Waals surface area contributed by atoms with Crippen LogP contribution in [0.4, 0.5) is 18.9 Å². The summed E-state index contributed by atoms with van der Waals surface area (Å²) in [5.74, 6) is -0.710. The number of fused-ring (bicyclic) bond motifs is 1. The summed E-state index contributed by atoms with van der Waals surface area (Å²) in [6, 6.07) is 11.2. The Bertz CT molecular complexity index is 1190. The zero-order valence-corrected chi connectivity index (χ0v) is 22.1. The van der Waals surface area contributed by atoms with Crippen LogP contribution in [0.5, 0.6) is 0 Å². The van der Waals surface area contributed by atoms with Crippen molar-refractivity contribution < 1.29 is 22.8 Å². The zero-order chi connectivity index (χ0) is 27.0. The normalized spacial score (nSPS) is 21.1. The number of halogens is 4. The van der Waals surface area contributed by atoms with Crippen molar-refractivity contribution in [3.63, 3.8) is 0 Å². The van der Waals surface area contributed by atoms with Crippen LogP contribution < -0.4 is 4.90 Å². The van der Waals surface area contributed by atoms with Gasteiger partial charge in [0.25, 0.3) is 0 Å². The van der Waals surface area contributed by atoms with Crippen LogP contribution in [0.3, 0.4) is 0 Å². The smallest absolute Gasteiger partial charge is 0.361 e. The van der Waals surface area contributed by atoms with Crippen molar-refractivity contribution in [2.24, 2.45) is 0 Å². The van der Waals surface area contributed by atoms with Crippen LogP contribution in [0, 0.1) is 0 Å². The number of piperazine rings is 1. The van der Waals surface area contributed by atoms with Crippen molar-refractivity contribution in [3.8, 4) is 0 Å². The molecule has 0 radical (unpaired) electrons. The molecule has 0 bridgehead atoms. The van der Waals surface area contributed by atoms with Gasteiger partial charge in [-0.15, -0.1) is 0 Å². The number of hydrogen-bond donors (Lipinski definition) is 0. The Balaban J connectivity index is 1.27. The summed E-state index contributed by atoms with van der Waals surface area (Å²) < 4.78 is 40.6. The molecule has 2 aromatic carbocycles. The maximum atomic E-state index is 13.7. The fourth-order valence-electron chi connectivity index (χ4n) is 5.92. The second-order valence-electron chi connectivity index (χ2n) is 10.5. The zero-order valence-electron chi connectivity index (χ0n) is 21.4. The predicted molar refractivity (Wildman–Crippen MR) is 140 cm³/mol. The number of hydrogen-bond acceptors (Lipinski definition) is 4. The van der Waals surface area contributed by atoms with Gasteiger partial charge in [-0.2, -0.15) is 13.2 Å². The number of carbonyl (C=O) groups excluding carboxylic acids is 2. The highest BCUT2D eigenvalue weighted by atomic mass is 35.5. The van der Waals surface area contributed by atoms with Crippen molar-refractivity contribution in [1.82, 2.24) is 14.7 Å². The Morgan fingerprint density at radius 2 is 1.61 bits per heavy atom.